The van der Waals surface area contributed by atoms with Gasteiger partial charge in [0, 0.05) is 16.3 Å². The second-order valence-electron chi connectivity index (χ2n) is 7.62. The molecule has 0 aliphatic carbocycles. The van der Waals surface area contributed by atoms with Crippen LogP contribution in [0.15, 0.2) is 78.4 Å². The van der Waals surface area contributed by atoms with Crippen molar-refractivity contribution in [2.75, 3.05) is 18.1 Å². The first-order chi connectivity index (χ1) is 16.4. The third-order valence-corrected chi connectivity index (χ3v) is 5.67. The van der Waals surface area contributed by atoms with E-state index in [4.69, 9.17) is 21.1 Å². The van der Waals surface area contributed by atoms with E-state index < -0.39 is 17.7 Å². The van der Waals surface area contributed by atoms with Crippen LogP contribution in [0, 0.1) is 0 Å². The van der Waals surface area contributed by atoms with E-state index in [0.29, 0.717) is 46.5 Å². The summed E-state index contributed by atoms with van der Waals surface area (Å²) in [7, 11) is 0. The molecule has 1 unspecified atom stereocenters. The van der Waals surface area contributed by atoms with Crippen LogP contribution in [-0.2, 0) is 9.59 Å². The number of benzene rings is 3. The van der Waals surface area contributed by atoms with Gasteiger partial charge >= 0.3 is 0 Å². The average Bonchev–Trinajstić information content (AvgIpc) is 3.10. The largest absolute Gasteiger partial charge is 0.507 e. The molecule has 174 valence electrons. The van der Waals surface area contributed by atoms with Crippen molar-refractivity contribution in [2.45, 2.75) is 19.9 Å². The molecule has 7 heteroatoms. The van der Waals surface area contributed by atoms with Gasteiger partial charge in [0.25, 0.3) is 11.7 Å². The molecule has 0 saturated carbocycles. The predicted octanol–water partition coefficient (Wildman–Crippen LogP) is 5.76. The van der Waals surface area contributed by atoms with Crippen molar-refractivity contribution in [3.05, 3.63) is 94.5 Å². The van der Waals surface area contributed by atoms with Gasteiger partial charge in [-0.1, -0.05) is 41.9 Å². The van der Waals surface area contributed by atoms with Crippen LogP contribution < -0.4 is 14.4 Å². The number of hydrogen-bond donors (Lipinski definition) is 1. The average molecular weight is 478 g/mol. The number of aliphatic hydroxyl groups excluding tert-OH is 1. The summed E-state index contributed by atoms with van der Waals surface area (Å²) in [6.45, 7) is 4.64. The van der Waals surface area contributed by atoms with E-state index >= 15 is 0 Å². The fraction of sp³-hybridized carbons (Fsp3) is 0.185. The molecule has 0 bridgehead atoms. The number of rotatable bonds is 7. The monoisotopic (exact) mass is 477 g/mol. The number of nitrogens with zero attached hydrogens (tertiary/aromatic N) is 1. The van der Waals surface area contributed by atoms with Crippen molar-refractivity contribution >= 4 is 34.7 Å². The van der Waals surface area contributed by atoms with Gasteiger partial charge < -0.3 is 14.6 Å². The quantitative estimate of drug-likeness (QED) is 0.266. The van der Waals surface area contributed by atoms with Crippen molar-refractivity contribution in [3.63, 3.8) is 0 Å². The van der Waals surface area contributed by atoms with Gasteiger partial charge in [0.05, 0.1) is 24.8 Å². The predicted molar refractivity (Wildman–Crippen MR) is 131 cm³/mol. The van der Waals surface area contributed by atoms with Gasteiger partial charge in [0.15, 0.2) is 0 Å². The molecule has 1 amide bonds. The summed E-state index contributed by atoms with van der Waals surface area (Å²) in [5, 5.41) is 11.7. The van der Waals surface area contributed by atoms with Crippen LogP contribution in [0.3, 0.4) is 0 Å². The lowest BCUT2D eigenvalue weighted by molar-refractivity contribution is -0.132. The van der Waals surface area contributed by atoms with Crippen molar-refractivity contribution in [3.8, 4) is 11.5 Å². The number of carbonyl (C=O) groups excluding carboxylic acids is 2. The molecule has 34 heavy (non-hydrogen) atoms. The van der Waals surface area contributed by atoms with E-state index in [2.05, 4.69) is 0 Å². The summed E-state index contributed by atoms with van der Waals surface area (Å²) < 4.78 is 11.2. The van der Waals surface area contributed by atoms with E-state index in [0.717, 1.165) is 0 Å². The maximum Gasteiger partial charge on any atom is 0.300 e. The van der Waals surface area contributed by atoms with Gasteiger partial charge in [-0.15, -0.1) is 0 Å². The van der Waals surface area contributed by atoms with E-state index in [-0.39, 0.29) is 11.3 Å². The first-order valence-electron chi connectivity index (χ1n) is 11.0. The van der Waals surface area contributed by atoms with Gasteiger partial charge in [-0.05, 0) is 61.9 Å². The third kappa shape index (κ3) is 4.50. The number of carbonyl (C=O) groups is 2. The molecule has 1 aliphatic heterocycles. The molecule has 0 radical (unpaired) electrons. The topological polar surface area (TPSA) is 76.1 Å². The summed E-state index contributed by atoms with van der Waals surface area (Å²) in [5.74, 6) is -0.681. The highest BCUT2D eigenvalue weighted by Gasteiger charge is 2.47. The Bertz CT molecular complexity index is 1270. The van der Waals surface area contributed by atoms with Crippen LogP contribution in [0.25, 0.3) is 5.76 Å². The molecule has 3 aromatic rings. The summed E-state index contributed by atoms with van der Waals surface area (Å²) >= 11 is 6.19. The fourth-order valence-corrected chi connectivity index (χ4v) is 4.22. The highest BCUT2D eigenvalue weighted by Crippen LogP contribution is 2.43. The maximum atomic E-state index is 13.3. The summed E-state index contributed by atoms with van der Waals surface area (Å²) in [4.78, 5) is 27.9. The van der Waals surface area contributed by atoms with Gasteiger partial charge in [0.1, 0.15) is 17.3 Å². The number of ether oxygens (including phenoxy) is 2. The van der Waals surface area contributed by atoms with Gasteiger partial charge in [0.2, 0.25) is 0 Å². The number of amides is 1. The molecule has 0 spiro atoms. The van der Waals surface area contributed by atoms with Crippen LogP contribution in [-0.4, -0.2) is 30.0 Å². The maximum absolute atomic E-state index is 13.3. The lowest BCUT2D eigenvalue weighted by Gasteiger charge is -2.26. The lowest BCUT2D eigenvalue weighted by Crippen LogP contribution is -2.29. The summed E-state index contributed by atoms with van der Waals surface area (Å²) in [5.41, 5.74) is 1.42. The lowest BCUT2D eigenvalue weighted by atomic mass is 9.95. The number of hydrogen-bond acceptors (Lipinski definition) is 5. The molecule has 1 atom stereocenters. The molecule has 0 aromatic heterocycles. The minimum absolute atomic E-state index is 0.0210. The number of Topliss-reactive ketones (excluding diaryl/α,β-unsaturated/α-hetero) is 1. The Hall–Kier alpha value is -3.77. The Balaban J connectivity index is 1.93. The Morgan fingerprint density at radius 2 is 1.56 bits per heavy atom. The van der Waals surface area contributed by atoms with Crippen LogP contribution in [0.4, 0.5) is 5.69 Å². The van der Waals surface area contributed by atoms with Crippen LogP contribution in [0.5, 0.6) is 11.5 Å². The molecule has 6 nitrogen and oxygen atoms in total. The summed E-state index contributed by atoms with van der Waals surface area (Å²) in [6.07, 6.45) is 0. The minimum Gasteiger partial charge on any atom is -0.507 e. The van der Waals surface area contributed by atoms with Crippen LogP contribution in [0.2, 0.25) is 5.02 Å². The molecule has 4 rings (SSSR count). The van der Waals surface area contributed by atoms with Gasteiger partial charge in [-0.3, -0.25) is 14.5 Å². The fourth-order valence-electron chi connectivity index (χ4n) is 4.04. The van der Waals surface area contributed by atoms with E-state index in [1.807, 2.05) is 13.8 Å². The first-order valence-corrected chi connectivity index (χ1v) is 11.3. The van der Waals surface area contributed by atoms with Crippen molar-refractivity contribution in [1.82, 2.24) is 0 Å². The molecule has 1 heterocycles. The van der Waals surface area contributed by atoms with Crippen molar-refractivity contribution in [1.29, 1.82) is 0 Å². The Labute approximate surface area is 203 Å². The third-order valence-electron chi connectivity index (χ3n) is 5.43. The molecular weight excluding hydrogens is 454 g/mol. The zero-order chi connectivity index (χ0) is 24.2. The highest BCUT2D eigenvalue weighted by molar-refractivity contribution is 6.51. The SMILES string of the molecule is CCOc1cccc(/C(O)=C2\C(=O)C(=O)N(c3cccc(Cl)c3)C2c2cccc(OCC)c2)c1. The van der Waals surface area contributed by atoms with Gasteiger partial charge in [-0.25, -0.2) is 0 Å². The van der Waals surface area contributed by atoms with Crippen molar-refractivity contribution in [2.24, 2.45) is 0 Å². The molecular formula is C27H24ClNO5. The van der Waals surface area contributed by atoms with Crippen LogP contribution in [0.1, 0.15) is 31.0 Å². The highest BCUT2D eigenvalue weighted by atomic mass is 35.5. The second kappa shape index (κ2) is 10.0. The van der Waals surface area contributed by atoms with E-state index in [1.165, 1.54) is 4.90 Å². The Morgan fingerprint density at radius 1 is 0.912 bits per heavy atom. The molecule has 1 N–H and O–H groups in total. The molecule has 1 saturated heterocycles. The second-order valence-corrected chi connectivity index (χ2v) is 8.05. The number of aliphatic hydroxyl groups is 1. The smallest absolute Gasteiger partial charge is 0.300 e. The number of halogens is 1. The summed E-state index contributed by atoms with van der Waals surface area (Å²) in [6, 6.07) is 19.7. The van der Waals surface area contributed by atoms with Crippen LogP contribution >= 0.6 is 11.6 Å². The van der Waals surface area contributed by atoms with Crippen molar-refractivity contribution < 1.29 is 24.2 Å². The normalized spacial score (nSPS) is 17.1. The standard InChI is InChI=1S/C27H24ClNO5/c1-3-33-21-12-5-8-17(14-21)24-23(25(30)18-9-6-13-22(15-18)34-4-2)26(31)27(32)29(24)20-11-7-10-19(28)16-20/h5-16,24,30H,3-4H2,1-2H3/b25-23+. The number of anilines is 1. The zero-order valence-electron chi connectivity index (χ0n) is 18.8. The minimum atomic E-state index is -0.880. The molecule has 1 fully saturated rings. The first kappa shape index (κ1) is 23.4. The van der Waals surface area contributed by atoms with E-state index in [9.17, 15) is 14.7 Å². The molecule has 1 aliphatic rings. The van der Waals surface area contributed by atoms with E-state index in [1.54, 1.807) is 72.8 Å². The van der Waals surface area contributed by atoms with Gasteiger partial charge in [-0.2, -0.15) is 0 Å². The Kier molecular flexibility index (Phi) is 6.89. The molecule has 3 aromatic carbocycles. The zero-order valence-corrected chi connectivity index (χ0v) is 19.6. The Morgan fingerprint density at radius 3 is 2.24 bits per heavy atom. The number of ketones is 1.